The number of likely N-dealkylation sites (tertiary alicyclic amines) is 1. The van der Waals surface area contributed by atoms with E-state index >= 15 is 0 Å². The highest BCUT2D eigenvalue weighted by molar-refractivity contribution is 5.66. The summed E-state index contributed by atoms with van der Waals surface area (Å²) in [7, 11) is 0. The Hall–Kier alpha value is -1.35. The Labute approximate surface area is 102 Å². The van der Waals surface area contributed by atoms with Crippen molar-refractivity contribution in [3.05, 3.63) is 35.4 Å². The van der Waals surface area contributed by atoms with Crippen LogP contribution >= 0.6 is 0 Å². The van der Waals surface area contributed by atoms with Gasteiger partial charge < -0.3 is 5.11 Å². The standard InChI is InChI=1S/C14H19NO2/c1-11-4-6-12(7-5-11)13-3-2-9-15(13)10-8-14(16)17/h4-7,13H,2-3,8-10H2,1H3,(H,16,17). The van der Waals surface area contributed by atoms with Gasteiger partial charge in [-0.3, -0.25) is 9.69 Å². The third-order valence-electron chi connectivity index (χ3n) is 3.44. The summed E-state index contributed by atoms with van der Waals surface area (Å²) >= 11 is 0. The third-order valence-corrected chi connectivity index (χ3v) is 3.44. The smallest absolute Gasteiger partial charge is 0.304 e. The molecule has 1 aliphatic heterocycles. The van der Waals surface area contributed by atoms with Crippen LogP contribution in [0.4, 0.5) is 0 Å². The van der Waals surface area contributed by atoms with E-state index in [4.69, 9.17) is 5.11 Å². The number of rotatable bonds is 4. The first-order valence-corrected chi connectivity index (χ1v) is 6.19. The summed E-state index contributed by atoms with van der Waals surface area (Å²) in [4.78, 5) is 12.9. The number of hydrogen-bond acceptors (Lipinski definition) is 2. The van der Waals surface area contributed by atoms with Crippen molar-refractivity contribution in [3.8, 4) is 0 Å². The Kier molecular flexibility index (Phi) is 3.79. The lowest BCUT2D eigenvalue weighted by Gasteiger charge is -2.24. The predicted molar refractivity (Wildman–Crippen MR) is 67.0 cm³/mol. The Morgan fingerprint density at radius 2 is 2.12 bits per heavy atom. The number of hydrogen-bond donors (Lipinski definition) is 1. The molecule has 0 aliphatic carbocycles. The number of carboxylic acids is 1. The second-order valence-electron chi connectivity index (χ2n) is 4.75. The third kappa shape index (κ3) is 3.07. The molecule has 1 fully saturated rings. The van der Waals surface area contributed by atoms with Gasteiger partial charge in [-0.05, 0) is 31.9 Å². The zero-order chi connectivity index (χ0) is 12.3. The van der Waals surface area contributed by atoms with Crippen molar-refractivity contribution in [2.45, 2.75) is 32.2 Å². The second-order valence-corrected chi connectivity index (χ2v) is 4.75. The first kappa shape index (κ1) is 12.1. The van der Waals surface area contributed by atoms with Crippen LogP contribution in [0.15, 0.2) is 24.3 Å². The number of aliphatic carboxylic acids is 1. The lowest BCUT2D eigenvalue weighted by atomic mass is 10.0. The zero-order valence-corrected chi connectivity index (χ0v) is 10.2. The molecule has 0 saturated carbocycles. The molecule has 3 nitrogen and oxygen atoms in total. The number of nitrogens with zero attached hydrogens (tertiary/aromatic N) is 1. The normalized spacial score (nSPS) is 20.6. The van der Waals surface area contributed by atoms with Gasteiger partial charge >= 0.3 is 5.97 Å². The van der Waals surface area contributed by atoms with E-state index in [9.17, 15) is 4.79 Å². The van der Waals surface area contributed by atoms with Crippen molar-refractivity contribution in [1.29, 1.82) is 0 Å². The van der Waals surface area contributed by atoms with E-state index in [1.165, 1.54) is 11.1 Å². The number of benzene rings is 1. The van der Waals surface area contributed by atoms with Crippen LogP contribution in [0.1, 0.15) is 36.4 Å². The molecule has 0 spiro atoms. The van der Waals surface area contributed by atoms with Gasteiger partial charge in [0.05, 0.1) is 6.42 Å². The van der Waals surface area contributed by atoms with Crippen molar-refractivity contribution in [2.24, 2.45) is 0 Å². The summed E-state index contributed by atoms with van der Waals surface area (Å²) < 4.78 is 0. The fourth-order valence-corrected chi connectivity index (χ4v) is 2.50. The lowest BCUT2D eigenvalue weighted by molar-refractivity contribution is -0.137. The Bertz CT molecular complexity index is 386. The van der Waals surface area contributed by atoms with Crippen molar-refractivity contribution in [3.63, 3.8) is 0 Å². The van der Waals surface area contributed by atoms with Crippen molar-refractivity contribution in [1.82, 2.24) is 4.90 Å². The molecule has 1 saturated heterocycles. The number of carboxylic acid groups (broad SMARTS) is 1. The molecule has 0 aromatic heterocycles. The summed E-state index contributed by atoms with van der Waals surface area (Å²) in [6, 6.07) is 9.00. The van der Waals surface area contributed by atoms with Gasteiger partial charge in [0.1, 0.15) is 0 Å². The van der Waals surface area contributed by atoms with Gasteiger partial charge in [-0.25, -0.2) is 0 Å². The van der Waals surface area contributed by atoms with Gasteiger partial charge in [0, 0.05) is 12.6 Å². The van der Waals surface area contributed by atoms with Crippen LogP contribution in [0.2, 0.25) is 0 Å². The van der Waals surface area contributed by atoms with Crippen LogP contribution in [0.5, 0.6) is 0 Å². The molecule has 1 N–H and O–H groups in total. The van der Waals surface area contributed by atoms with Crippen LogP contribution in [0, 0.1) is 6.92 Å². The highest BCUT2D eigenvalue weighted by Gasteiger charge is 2.25. The maximum Gasteiger partial charge on any atom is 0.304 e. The molecule has 17 heavy (non-hydrogen) atoms. The molecule has 1 aromatic carbocycles. The molecule has 1 atom stereocenters. The van der Waals surface area contributed by atoms with Crippen LogP contribution in [-0.4, -0.2) is 29.1 Å². The van der Waals surface area contributed by atoms with E-state index in [2.05, 4.69) is 36.1 Å². The summed E-state index contributed by atoms with van der Waals surface area (Å²) in [6.07, 6.45) is 2.54. The lowest BCUT2D eigenvalue weighted by Crippen LogP contribution is -2.26. The molecule has 1 aliphatic rings. The van der Waals surface area contributed by atoms with Crippen LogP contribution in [-0.2, 0) is 4.79 Å². The fourth-order valence-electron chi connectivity index (χ4n) is 2.50. The van der Waals surface area contributed by atoms with Gasteiger partial charge in [0.15, 0.2) is 0 Å². The van der Waals surface area contributed by atoms with E-state index in [-0.39, 0.29) is 6.42 Å². The van der Waals surface area contributed by atoms with E-state index in [1.54, 1.807) is 0 Å². The highest BCUT2D eigenvalue weighted by Crippen LogP contribution is 2.31. The average Bonchev–Trinajstić information content (AvgIpc) is 2.75. The average molecular weight is 233 g/mol. The first-order chi connectivity index (χ1) is 8.16. The highest BCUT2D eigenvalue weighted by atomic mass is 16.4. The summed E-state index contributed by atoms with van der Waals surface area (Å²) in [6.45, 7) is 3.76. The molecule has 1 heterocycles. The summed E-state index contributed by atoms with van der Waals surface area (Å²) in [5.74, 6) is -0.709. The van der Waals surface area contributed by atoms with Crippen molar-refractivity contribution in [2.75, 3.05) is 13.1 Å². The topological polar surface area (TPSA) is 40.5 Å². The van der Waals surface area contributed by atoms with Gasteiger partial charge in [0.25, 0.3) is 0 Å². The van der Waals surface area contributed by atoms with Gasteiger partial charge in [-0.15, -0.1) is 0 Å². The minimum absolute atomic E-state index is 0.238. The molecule has 92 valence electrons. The predicted octanol–water partition coefficient (Wildman–Crippen LogP) is 2.61. The summed E-state index contributed by atoms with van der Waals surface area (Å²) in [5.41, 5.74) is 2.59. The molecule has 2 rings (SSSR count). The van der Waals surface area contributed by atoms with Gasteiger partial charge in [-0.1, -0.05) is 29.8 Å². The minimum atomic E-state index is -0.709. The first-order valence-electron chi connectivity index (χ1n) is 6.19. The minimum Gasteiger partial charge on any atom is -0.481 e. The zero-order valence-electron chi connectivity index (χ0n) is 10.2. The molecule has 0 radical (unpaired) electrons. The van der Waals surface area contributed by atoms with Crippen molar-refractivity contribution < 1.29 is 9.90 Å². The van der Waals surface area contributed by atoms with Gasteiger partial charge in [0.2, 0.25) is 0 Å². The summed E-state index contributed by atoms with van der Waals surface area (Å²) in [5, 5.41) is 8.74. The van der Waals surface area contributed by atoms with E-state index < -0.39 is 5.97 Å². The monoisotopic (exact) mass is 233 g/mol. The SMILES string of the molecule is Cc1ccc(C2CCCN2CCC(=O)O)cc1. The molecule has 3 heteroatoms. The molecule has 0 bridgehead atoms. The maximum absolute atomic E-state index is 10.6. The quantitative estimate of drug-likeness (QED) is 0.869. The Balaban J connectivity index is 2.03. The van der Waals surface area contributed by atoms with Gasteiger partial charge in [-0.2, -0.15) is 0 Å². The maximum atomic E-state index is 10.6. The Morgan fingerprint density at radius 3 is 2.76 bits per heavy atom. The molecular weight excluding hydrogens is 214 g/mol. The molecular formula is C14H19NO2. The second kappa shape index (κ2) is 5.32. The number of aryl methyl sites for hydroxylation is 1. The molecule has 0 amide bonds. The van der Waals surface area contributed by atoms with Crippen LogP contribution < -0.4 is 0 Å². The van der Waals surface area contributed by atoms with E-state index in [1.807, 2.05) is 0 Å². The number of carbonyl (C=O) groups is 1. The largest absolute Gasteiger partial charge is 0.481 e. The van der Waals surface area contributed by atoms with E-state index in [0.29, 0.717) is 12.6 Å². The van der Waals surface area contributed by atoms with Crippen molar-refractivity contribution >= 4 is 5.97 Å². The molecule has 1 unspecified atom stereocenters. The Morgan fingerprint density at radius 1 is 1.41 bits per heavy atom. The van der Waals surface area contributed by atoms with Crippen LogP contribution in [0.25, 0.3) is 0 Å². The van der Waals surface area contributed by atoms with E-state index in [0.717, 1.165) is 19.4 Å². The van der Waals surface area contributed by atoms with Crippen LogP contribution in [0.3, 0.4) is 0 Å². The fraction of sp³-hybridized carbons (Fsp3) is 0.500. The molecule has 1 aromatic rings.